The van der Waals surface area contributed by atoms with Gasteiger partial charge in [-0.1, -0.05) is 29.3 Å². The molecule has 0 bridgehead atoms. The van der Waals surface area contributed by atoms with E-state index in [4.69, 9.17) is 37.4 Å². The van der Waals surface area contributed by atoms with Crippen molar-refractivity contribution in [3.8, 4) is 23.3 Å². The number of nitrogens with zero attached hydrogens (tertiary/aromatic N) is 3. The van der Waals surface area contributed by atoms with E-state index >= 15 is 0 Å². The largest absolute Gasteiger partial charge is 0.493 e. The monoisotopic (exact) mass is 563 g/mol. The van der Waals surface area contributed by atoms with E-state index in [9.17, 15) is 5.26 Å². The number of nitrogens with one attached hydrogen (secondary N) is 2. The lowest BCUT2D eigenvalue weighted by atomic mass is 10.0. The van der Waals surface area contributed by atoms with Gasteiger partial charge in [-0.05, 0) is 49.7 Å². The van der Waals surface area contributed by atoms with Crippen molar-refractivity contribution in [2.75, 3.05) is 32.1 Å². The first kappa shape index (κ1) is 26.8. The maximum absolute atomic E-state index is 9.82. The minimum absolute atomic E-state index is 0.249. The predicted molar refractivity (Wildman–Crippen MR) is 152 cm³/mol. The van der Waals surface area contributed by atoms with Crippen LogP contribution in [0, 0.1) is 17.2 Å². The number of nitriles is 1. The number of fused-ring (bicyclic) bond motifs is 1. The van der Waals surface area contributed by atoms with Crippen LogP contribution in [0.15, 0.2) is 54.7 Å². The summed E-state index contributed by atoms with van der Waals surface area (Å²) < 4.78 is 17.6. The van der Waals surface area contributed by atoms with Crippen LogP contribution in [0.1, 0.15) is 24.1 Å². The van der Waals surface area contributed by atoms with Gasteiger partial charge in [-0.25, -0.2) is 4.98 Å². The number of rotatable bonds is 9. The SMILES string of the molecule is COc1cc2c(Nc3ccc(OCc4cccc(Cl)n4)cc3Cl)c(C#N)cnc2cc1OC[C@H]1CCCNC1. The zero-order valence-corrected chi connectivity index (χ0v) is 22.9. The molecule has 2 aromatic heterocycles. The molecule has 0 spiro atoms. The van der Waals surface area contributed by atoms with E-state index in [-0.39, 0.29) is 6.61 Å². The number of pyridine rings is 2. The first-order valence-corrected chi connectivity index (χ1v) is 13.3. The Hall–Kier alpha value is -3.77. The summed E-state index contributed by atoms with van der Waals surface area (Å²) in [6.07, 6.45) is 3.81. The highest BCUT2D eigenvalue weighted by atomic mass is 35.5. The molecule has 0 saturated carbocycles. The molecule has 1 aliphatic heterocycles. The molecular formula is C29H27Cl2N5O3. The van der Waals surface area contributed by atoms with E-state index in [0.29, 0.717) is 73.5 Å². The van der Waals surface area contributed by atoms with Crippen molar-refractivity contribution in [3.63, 3.8) is 0 Å². The fourth-order valence-electron chi connectivity index (χ4n) is 4.48. The Bertz CT molecular complexity index is 1520. The predicted octanol–water partition coefficient (Wildman–Crippen LogP) is 6.52. The fraction of sp³-hybridized carbons (Fsp3) is 0.276. The molecule has 2 N–H and O–H groups in total. The highest BCUT2D eigenvalue weighted by Gasteiger charge is 2.18. The number of anilines is 2. The third-order valence-corrected chi connectivity index (χ3v) is 7.03. The van der Waals surface area contributed by atoms with Gasteiger partial charge in [0.15, 0.2) is 11.5 Å². The molecule has 3 heterocycles. The summed E-state index contributed by atoms with van der Waals surface area (Å²) in [5, 5.41) is 18.1. The van der Waals surface area contributed by atoms with Crippen LogP contribution >= 0.6 is 23.2 Å². The molecule has 1 atom stereocenters. The molecule has 4 aromatic rings. The molecule has 0 radical (unpaired) electrons. The van der Waals surface area contributed by atoms with E-state index in [1.54, 1.807) is 31.4 Å². The lowest BCUT2D eigenvalue weighted by Crippen LogP contribution is -2.33. The van der Waals surface area contributed by atoms with Gasteiger partial charge in [0.1, 0.15) is 23.6 Å². The van der Waals surface area contributed by atoms with Gasteiger partial charge in [0.05, 0.1) is 46.9 Å². The van der Waals surface area contributed by atoms with Gasteiger partial charge >= 0.3 is 0 Å². The number of ether oxygens (including phenoxy) is 3. The second kappa shape index (κ2) is 12.4. The van der Waals surface area contributed by atoms with Crippen molar-refractivity contribution in [1.29, 1.82) is 5.26 Å². The summed E-state index contributed by atoms with van der Waals surface area (Å²) in [5.41, 5.74) is 2.92. The topological polar surface area (TPSA) is 101 Å². The number of benzene rings is 2. The average molecular weight is 564 g/mol. The van der Waals surface area contributed by atoms with Crippen LogP contribution in [0.2, 0.25) is 10.2 Å². The van der Waals surface area contributed by atoms with E-state index in [2.05, 4.69) is 26.7 Å². The Kier molecular flexibility index (Phi) is 8.52. The van der Waals surface area contributed by atoms with Crippen LogP contribution in [-0.2, 0) is 6.61 Å². The first-order chi connectivity index (χ1) is 19.0. The smallest absolute Gasteiger partial charge is 0.163 e. The van der Waals surface area contributed by atoms with Gasteiger partial charge in [-0.3, -0.25) is 4.98 Å². The molecule has 1 aliphatic rings. The number of hydrogen-bond donors (Lipinski definition) is 2. The van der Waals surface area contributed by atoms with Crippen molar-refractivity contribution in [3.05, 3.63) is 76.2 Å². The molecule has 8 nitrogen and oxygen atoms in total. The van der Waals surface area contributed by atoms with E-state index in [1.807, 2.05) is 24.3 Å². The van der Waals surface area contributed by atoms with Gasteiger partial charge in [0, 0.05) is 36.2 Å². The summed E-state index contributed by atoms with van der Waals surface area (Å²) >= 11 is 12.6. The van der Waals surface area contributed by atoms with Crippen LogP contribution in [0.4, 0.5) is 11.4 Å². The number of hydrogen-bond acceptors (Lipinski definition) is 8. The van der Waals surface area contributed by atoms with Crippen LogP contribution in [-0.4, -0.2) is 36.8 Å². The van der Waals surface area contributed by atoms with E-state index in [0.717, 1.165) is 25.9 Å². The van der Waals surface area contributed by atoms with Crippen molar-refractivity contribution in [1.82, 2.24) is 15.3 Å². The molecule has 39 heavy (non-hydrogen) atoms. The van der Waals surface area contributed by atoms with Crippen LogP contribution in [0.5, 0.6) is 17.2 Å². The van der Waals surface area contributed by atoms with Crippen molar-refractivity contribution >= 4 is 45.5 Å². The second-order valence-electron chi connectivity index (χ2n) is 9.21. The van der Waals surface area contributed by atoms with Gasteiger partial charge in [-0.2, -0.15) is 5.26 Å². The third-order valence-electron chi connectivity index (χ3n) is 6.51. The Labute approximate surface area is 236 Å². The number of methoxy groups -OCH3 is 1. The average Bonchev–Trinajstić information content (AvgIpc) is 2.96. The second-order valence-corrected chi connectivity index (χ2v) is 10.0. The summed E-state index contributed by atoms with van der Waals surface area (Å²) in [7, 11) is 1.60. The van der Waals surface area contributed by atoms with E-state index in [1.165, 1.54) is 6.20 Å². The van der Waals surface area contributed by atoms with Crippen LogP contribution < -0.4 is 24.8 Å². The van der Waals surface area contributed by atoms with Crippen molar-refractivity contribution < 1.29 is 14.2 Å². The van der Waals surface area contributed by atoms with Crippen LogP contribution in [0.25, 0.3) is 10.9 Å². The van der Waals surface area contributed by atoms with Crippen molar-refractivity contribution in [2.45, 2.75) is 19.4 Å². The summed E-state index contributed by atoms with van der Waals surface area (Å²) in [6, 6.07) is 16.5. The molecule has 200 valence electrons. The number of aromatic nitrogens is 2. The fourth-order valence-corrected chi connectivity index (χ4v) is 4.87. The molecular weight excluding hydrogens is 537 g/mol. The molecule has 0 amide bonds. The molecule has 0 unspecified atom stereocenters. The third kappa shape index (κ3) is 6.45. The van der Waals surface area contributed by atoms with Gasteiger partial charge in [0.2, 0.25) is 0 Å². The van der Waals surface area contributed by atoms with Crippen molar-refractivity contribution in [2.24, 2.45) is 5.92 Å². The number of halogens is 2. The van der Waals surface area contributed by atoms with Gasteiger partial charge in [0.25, 0.3) is 0 Å². The molecule has 5 rings (SSSR count). The Balaban J connectivity index is 1.38. The maximum Gasteiger partial charge on any atom is 0.163 e. The minimum Gasteiger partial charge on any atom is -0.493 e. The molecule has 0 aliphatic carbocycles. The lowest BCUT2D eigenvalue weighted by Gasteiger charge is -2.23. The standard InChI is InChI=1S/C29H27Cl2N5O3/c1-37-26-11-22-25(12-27(26)39-16-18-4-3-9-33-14-18)34-15-19(13-32)29(22)36-24-8-7-21(10-23(24)30)38-17-20-5-2-6-28(31)35-20/h2,5-8,10-12,15,18,33H,3-4,9,14,16-17H2,1H3,(H,34,36)/t18-/m0/s1. The highest BCUT2D eigenvalue weighted by Crippen LogP contribution is 2.39. The quantitative estimate of drug-likeness (QED) is 0.222. The zero-order valence-electron chi connectivity index (χ0n) is 21.3. The van der Waals surface area contributed by atoms with Gasteiger partial charge in [-0.15, -0.1) is 0 Å². The first-order valence-electron chi connectivity index (χ1n) is 12.6. The molecule has 10 heteroatoms. The summed E-state index contributed by atoms with van der Waals surface area (Å²) in [4.78, 5) is 8.73. The molecule has 1 saturated heterocycles. The maximum atomic E-state index is 9.82. The molecule has 2 aromatic carbocycles. The van der Waals surface area contributed by atoms with Crippen LogP contribution in [0.3, 0.4) is 0 Å². The Morgan fingerprint density at radius 3 is 2.77 bits per heavy atom. The van der Waals surface area contributed by atoms with E-state index < -0.39 is 0 Å². The minimum atomic E-state index is 0.249. The highest BCUT2D eigenvalue weighted by molar-refractivity contribution is 6.33. The zero-order chi connectivity index (χ0) is 27.2. The number of piperidine rings is 1. The summed E-state index contributed by atoms with van der Waals surface area (Å²) in [6.45, 7) is 2.83. The normalized spacial score (nSPS) is 15.0. The summed E-state index contributed by atoms with van der Waals surface area (Å²) in [5.74, 6) is 2.20. The lowest BCUT2D eigenvalue weighted by molar-refractivity contribution is 0.211. The molecule has 1 fully saturated rings. The Morgan fingerprint density at radius 1 is 1.13 bits per heavy atom. The Morgan fingerprint density at radius 2 is 2.03 bits per heavy atom. The van der Waals surface area contributed by atoms with Gasteiger partial charge < -0.3 is 24.8 Å².